The molecule has 5 heteroatoms. The average Bonchev–Trinajstić information content (AvgIpc) is 2.51. The lowest BCUT2D eigenvalue weighted by atomic mass is 10.3. The van der Waals surface area contributed by atoms with Gasteiger partial charge in [0.05, 0.1) is 10.6 Å². The third-order valence-corrected chi connectivity index (χ3v) is 4.02. The van der Waals surface area contributed by atoms with Gasteiger partial charge in [-0.1, -0.05) is 6.07 Å². The Bertz CT molecular complexity index is 517. The van der Waals surface area contributed by atoms with E-state index < -0.39 is 9.52 Å². The fourth-order valence-corrected chi connectivity index (χ4v) is 3.21. The van der Waals surface area contributed by atoms with Crippen molar-refractivity contribution < 1.29 is 4.21 Å². The first-order valence-corrected chi connectivity index (χ1v) is 6.98. The average molecular weight is 226 g/mol. The van der Waals surface area contributed by atoms with Crippen LogP contribution in [-0.4, -0.2) is 21.5 Å². The molecule has 0 aromatic carbocycles. The number of nitrogens with zero attached hydrogens (tertiary/aromatic N) is 1. The molecule has 1 atom stereocenters. The summed E-state index contributed by atoms with van der Waals surface area (Å²) >= 11 is 1.56. The molecule has 2 heterocycles. The van der Waals surface area contributed by atoms with Gasteiger partial charge in [0.2, 0.25) is 0 Å². The molecule has 3 nitrogen and oxygen atoms in total. The Morgan fingerprint density at radius 3 is 2.93 bits per heavy atom. The molecule has 2 N–H and O–H groups in total. The van der Waals surface area contributed by atoms with Crippen molar-refractivity contribution >= 4 is 31.9 Å². The largest absolute Gasteiger partial charge is 0.383 e. The molecule has 0 saturated heterocycles. The van der Waals surface area contributed by atoms with Crippen LogP contribution in [0.1, 0.15) is 4.88 Å². The van der Waals surface area contributed by atoms with Crippen molar-refractivity contribution in [2.45, 2.75) is 0 Å². The Morgan fingerprint density at radius 2 is 2.36 bits per heavy atom. The lowest BCUT2D eigenvalue weighted by Crippen LogP contribution is -2.16. The van der Waals surface area contributed by atoms with Gasteiger partial charge in [-0.2, -0.15) is 0 Å². The van der Waals surface area contributed by atoms with Crippen LogP contribution < -0.4 is 5.73 Å². The van der Waals surface area contributed by atoms with Crippen molar-refractivity contribution in [1.82, 2.24) is 0 Å². The second kappa shape index (κ2) is 3.25. The fourth-order valence-electron chi connectivity index (χ4n) is 1.22. The molecule has 1 aliphatic heterocycles. The van der Waals surface area contributed by atoms with Crippen molar-refractivity contribution in [1.29, 1.82) is 0 Å². The van der Waals surface area contributed by atoms with E-state index in [0.29, 0.717) is 11.5 Å². The van der Waals surface area contributed by atoms with Gasteiger partial charge in [0.15, 0.2) is 0 Å². The Labute approximate surface area is 87.0 Å². The predicted molar refractivity (Wildman–Crippen MR) is 63.3 cm³/mol. The maximum absolute atomic E-state index is 11.8. The van der Waals surface area contributed by atoms with E-state index in [1.807, 2.05) is 17.5 Å². The highest BCUT2D eigenvalue weighted by Gasteiger charge is 2.10. The van der Waals surface area contributed by atoms with Gasteiger partial charge < -0.3 is 5.73 Å². The number of hydrogen-bond donors (Lipinski definition) is 1. The second-order valence-electron chi connectivity index (χ2n) is 3.10. The summed E-state index contributed by atoms with van der Waals surface area (Å²) < 4.78 is 11.8. The predicted octanol–water partition coefficient (Wildman–Crippen LogP) is 1.02. The Balaban J connectivity index is 2.56. The maximum atomic E-state index is 11.8. The summed E-state index contributed by atoms with van der Waals surface area (Å²) in [5, 5.41) is 5.14. The van der Waals surface area contributed by atoms with Gasteiger partial charge in [-0.05, 0) is 21.0 Å². The molecule has 2 rings (SSSR count). The van der Waals surface area contributed by atoms with Crippen LogP contribution in [0.4, 0.5) is 0 Å². The minimum atomic E-state index is -2.09. The molecule has 74 valence electrons. The van der Waals surface area contributed by atoms with E-state index >= 15 is 0 Å². The first-order chi connectivity index (χ1) is 6.57. The number of hydrogen-bond acceptors (Lipinski definition) is 4. The zero-order chi connectivity index (χ0) is 10.2. The molecule has 1 unspecified atom stereocenters. The zero-order valence-corrected chi connectivity index (χ0v) is 9.27. The molecule has 0 bridgehead atoms. The topological polar surface area (TPSA) is 55.5 Å². The van der Waals surface area contributed by atoms with Crippen molar-refractivity contribution in [3.05, 3.63) is 33.6 Å². The van der Waals surface area contributed by atoms with Gasteiger partial charge in [-0.25, -0.2) is 4.99 Å². The number of nitrogens with two attached hydrogens (primary N) is 1. The van der Waals surface area contributed by atoms with Gasteiger partial charge >= 0.3 is 0 Å². The summed E-state index contributed by atoms with van der Waals surface area (Å²) in [6.07, 6.45) is 1.65. The third kappa shape index (κ3) is 1.88. The molecular weight excluding hydrogens is 216 g/mol. The number of thiophene rings is 1. The van der Waals surface area contributed by atoms with Gasteiger partial charge in [-0.3, -0.25) is 4.21 Å². The van der Waals surface area contributed by atoms with Crippen LogP contribution in [0.15, 0.2) is 33.7 Å². The van der Waals surface area contributed by atoms with Crippen LogP contribution >= 0.6 is 11.3 Å². The summed E-state index contributed by atoms with van der Waals surface area (Å²) in [5.41, 5.74) is 6.30. The highest BCUT2D eigenvalue weighted by molar-refractivity contribution is 8.04. The molecule has 1 aliphatic rings. The quantitative estimate of drug-likeness (QED) is 0.727. The van der Waals surface area contributed by atoms with Gasteiger partial charge in [0.1, 0.15) is 5.82 Å². The molecule has 1 aromatic rings. The highest BCUT2D eigenvalue weighted by atomic mass is 32.2. The van der Waals surface area contributed by atoms with Crippen molar-refractivity contribution in [3.63, 3.8) is 0 Å². The Kier molecular flexibility index (Phi) is 2.20. The molecular formula is C9H10N2OS2. The van der Waals surface area contributed by atoms with Crippen LogP contribution in [0.25, 0.3) is 0 Å². The van der Waals surface area contributed by atoms with Crippen molar-refractivity contribution in [2.75, 3.05) is 6.26 Å². The lowest BCUT2D eigenvalue weighted by Gasteiger charge is -2.07. The van der Waals surface area contributed by atoms with E-state index in [9.17, 15) is 4.21 Å². The molecule has 0 saturated carbocycles. The second-order valence-corrected chi connectivity index (χ2v) is 6.45. The van der Waals surface area contributed by atoms with E-state index in [0.717, 1.165) is 4.88 Å². The molecule has 0 amide bonds. The molecule has 0 radical (unpaired) electrons. The van der Waals surface area contributed by atoms with Crippen LogP contribution in [-0.2, 0) is 9.52 Å². The lowest BCUT2D eigenvalue weighted by molar-refractivity contribution is 0.689. The number of aliphatic imine (C=N–C) groups is 1. The normalized spacial score (nSPS) is 26.4. The minimum Gasteiger partial charge on any atom is -0.383 e. The first-order valence-electron chi connectivity index (χ1n) is 4.00. The summed E-state index contributed by atoms with van der Waals surface area (Å²) in [6.45, 7) is 0. The smallest absolute Gasteiger partial charge is 0.132 e. The first kappa shape index (κ1) is 9.48. The summed E-state index contributed by atoms with van der Waals surface area (Å²) in [6, 6.07) is 3.87. The zero-order valence-electron chi connectivity index (χ0n) is 7.64. The van der Waals surface area contributed by atoms with Crippen molar-refractivity contribution in [3.8, 4) is 0 Å². The van der Waals surface area contributed by atoms with Gasteiger partial charge in [0.25, 0.3) is 0 Å². The molecule has 0 spiro atoms. The molecule has 0 aliphatic carbocycles. The molecule has 1 aromatic heterocycles. The maximum Gasteiger partial charge on any atom is 0.132 e. The molecule has 0 fully saturated rings. The van der Waals surface area contributed by atoms with E-state index in [4.69, 9.17) is 5.73 Å². The standard InChI is InChI=1S/C9H10N2OS2/c1-14(12)5-7(11-9(10)6-14)8-3-2-4-13-8/h2-6H,1H3,(H2,10,11). The van der Waals surface area contributed by atoms with E-state index in [2.05, 4.69) is 4.99 Å². The van der Waals surface area contributed by atoms with Crippen LogP contribution in [0.2, 0.25) is 0 Å². The fraction of sp³-hybridized carbons (Fsp3) is 0.111. The molecule has 14 heavy (non-hydrogen) atoms. The summed E-state index contributed by atoms with van der Waals surface area (Å²) in [7, 11) is -2.09. The highest BCUT2D eigenvalue weighted by Crippen LogP contribution is 2.13. The van der Waals surface area contributed by atoms with E-state index in [1.54, 1.807) is 23.0 Å². The monoisotopic (exact) mass is 226 g/mol. The van der Waals surface area contributed by atoms with Crippen molar-refractivity contribution in [2.24, 2.45) is 10.7 Å². The SMILES string of the molecule is CS1(=O)=CC(c2cccs2)=NC(N)=C1. The Hall–Kier alpha value is -1.07. The Morgan fingerprint density at radius 1 is 1.57 bits per heavy atom. The van der Waals surface area contributed by atoms with Crippen LogP contribution in [0.5, 0.6) is 0 Å². The van der Waals surface area contributed by atoms with Crippen LogP contribution in [0.3, 0.4) is 0 Å². The minimum absolute atomic E-state index is 0.336. The van der Waals surface area contributed by atoms with Gasteiger partial charge in [0, 0.05) is 17.0 Å². The van der Waals surface area contributed by atoms with E-state index in [1.165, 1.54) is 5.41 Å². The third-order valence-electron chi connectivity index (χ3n) is 1.72. The van der Waals surface area contributed by atoms with Crippen LogP contribution in [0, 0.1) is 0 Å². The summed E-state index contributed by atoms with van der Waals surface area (Å²) in [5.74, 6) is 0.336. The van der Waals surface area contributed by atoms with Gasteiger partial charge in [-0.15, -0.1) is 11.3 Å². The number of rotatable bonds is 1. The van der Waals surface area contributed by atoms with E-state index in [-0.39, 0.29) is 0 Å². The summed E-state index contributed by atoms with van der Waals surface area (Å²) in [4.78, 5) is 5.15.